The molecule has 5 heteroatoms. The molecule has 18 heavy (non-hydrogen) atoms. The predicted molar refractivity (Wildman–Crippen MR) is 71.3 cm³/mol. The van der Waals surface area contributed by atoms with Crippen LogP contribution in [0.5, 0.6) is 0 Å². The molecule has 1 N–H and O–H groups in total. The van der Waals surface area contributed by atoms with Crippen molar-refractivity contribution in [3.8, 4) is 5.69 Å². The quantitative estimate of drug-likeness (QED) is 0.922. The normalized spacial score (nSPS) is 12.8. The number of aliphatic hydroxyl groups is 1. The van der Waals surface area contributed by atoms with Crippen molar-refractivity contribution in [1.82, 2.24) is 9.78 Å². The van der Waals surface area contributed by atoms with Crippen molar-refractivity contribution in [2.24, 2.45) is 0 Å². The van der Waals surface area contributed by atoms with Crippen molar-refractivity contribution in [3.05, 3.63) is 45.4 Å². The fraction of sp³-hybridized carbons (Fsp3) is 0.308. The van der Waals surface area contributed by atoms with E-state index < -0.39 is 6.10 Å². The largest absolute Gasteiger partial charge is 0.389 e. The minimum atomic E-state index is -0.751. The average molecular weight is 313 g/mol. The van der Waals surface area contributed by atoms with Gasteiger partial charge in [0, 0.05) is 5.56 Å². The summed E-state index contributed by atoms with van der Waals surface area (Å²) in [7, 11) is 0. The van der Waals surface area contributed by atoms with Gasteiger partial charge in [-0.15, -0.1) is 0 Å². The monoisotopic (exact) mass is 312 g/mol. The van der Waals surface area contributed by atoms with E-state index >= 15 is 0 Å². The van der Waals surface area contributed by atoms with Gasteiger partial charge in [0.25, 0.3) is 0 Å². The number of hydrogen-bond acceptors (Lipinski definition) is 2. The summed E-state index contributed by atoms with van der Waals surface area (Å²) in [5.41, 5.74) is 2.99. The number of nitrogens with zero attached hydrogens (tertiary/aromatic N) is 2. The van der Waals surface area contributed by atoms with Crippen LogP contribution in [0, 0.1) is 19.7 Å². The number of aryl methyl sites for hydroxylation is 1. The minimum Gasteiger partial charge on any atom is -0.389 e. The van der Waals surface area contributed by atoms with Crippen molar-refractivity contribution >= 4 is 15.9 Å². The van der Waals surface area contributed by atoms with E-state index in [9.17, 15) is 9.50 Å². The van der Waals surface area contributed by atoms with Gasteiger partial charge in [-0.05, 0) is 54.9 Å². The lowest BCUT2D eigenvalue weighted by molar-refractivity contribution is 0.198. The van der Waals surface area contributed by atoms with Crippen LogP contribution in [0.3, 0.4) is 0 Å². The summed E-state index contributed by atoms with van der Waals surface area (Å²) in [6.07, 6.45) is -0.751. The summed E-state index contributed by atoms with van der Waals surface area (Å²) in [5, 5.41) is 14.1. The third-order valence-electron chi connectivity index (χ3n) is 2.87. The third-order valence-corrected chi connectivity index (χ3v) is 4.02. The molecule has 0 unspecified atom stereocenters. The second kappa shape index (κ2) is 4.82. The second-order valence-electron chi connectivity index (χ2n) is 4.28. The highest BCUT2D eigenvalue weighted by molar-refractivity contribution is 9.10. The molecule has 0 aliphatic rings. The Labute approximate surface area is 113 Å². The van der Waals surface area contributed by atoms with Crippen molar-refractivity contribution in [3.63, 3.8) is 0 Å². The molecule has 1 atom stereocenters. The van der Waals surface area contributed by atoms with Crippen molar-refractivity contribution < 1.29 is 9.50 Å². The van der Waals surface area contributed by atoms with Crippen LogP contribution in [-0.4, -0.2) is 14.9 Å². The van der Waals surface area contributed by atoms with Gasteiger partial charge in [0.2, 0.25) is 0 Å². The zero-order valence-corrected chi connectivity index (χ0v) is 12.0. The molecule has 1 aromatic carbocycles. The van der Waals surface area contributed by atoms with Crippen LogP contribution in [0.1, 0.15) is 30.0 Å². The van der Waals surface area contributed by atoms with Crippen LogP contribution in [0.4, 0.5) is 4.39 Å². The fourth-order valence-corrected chi connectivity index (χ4v) is 2.16. The summed E-state index contributed by atoms with van der Waals surface area (Å²) in [4.78, 5) is 0. The Balaban J connectivity index is 2.67. The Kier molecular flexibility index (Phi) is 3.54. The number of benzene rings is 1. The molecule has 0 fully saturated rings. The van der Waals surface area contributed by atoms with Crippen LogP contribution in [0.25, 0.3) is 5.69 Å². The highest BCUT2D eigenvalue weighted by atomic mass is 79.9. The van der Waals surface area contributed by atoms with Crippen LogP contribution in [0.15, 0.2) is 22.7 Å². The highest BCUT2D eigenvalue weighted by Gasteiger charge is 2.16. The number of aliphatic hydroxyl groups excluding tert-OH is 1. The summed E-state index contributed by atoms with van der Waals surface area (Å²) in [6.45, 7) is 5.41. The van der Waals surface area contributed by atoms with Gasteiger partial charge in [-0.3, -0.25) is 0 Å². The van der Waals surface area contributed by atoms with E-state index in [-0.39, 0.29) is 5.82 Å². The van der Waals surface area contributed by atoms with E-state index in [1.54, 1.807) is 17.7 Å². The van der Waals surface area contributed by atoms with Crippen LogP contribution in [0.2, 0.25) is 0 Å². The van der Waals surface area contributed by atoms with E-state index in [0.29, 0.717) is 11.3 Å². The maximum Gasteiger partial charge on any atom is 0.123 e. The molecule has 2 aromatic rings. The Morgan fingerprint density at radius 1 is 1.39 bits per heavy atom. The first-order valence-electron chi connectivity index (χ1n) is 5.61. The van der Waals surface area contributed by atoms with Gasteiger partial charge in [-0.25, -0.2) is 9.07 Å². The number of hydrogen-bond donors (Lipinski definition) is 1. The molecule has 3 nitrogen and oxygen atoms in total. The second-order valence-corrected chi connectivity index (χ2v) is 5.07. The van der Waals surface area contributed by atoms with Crippen LogP contribution >= 0.6 is 15.9 Å². The lowest BCUT2D eigenvalue weighted by atomic mass is 10.1. The van der Waals surface area contributed by atoms with Crippen LogP contribution < -0.4 is 0 Å². The Morgan fingerprint density at radius 2 is 2.06 bits per heavy atom. The number of rotatable bonds is 2. The molecule has 0 bridgehead atoms. The fourth-order valence-electron chi connectivity index (χ4n) is 1.91. The molecule has 96 valence electrons. The minimum absolute atomic E-state index is 0.366. The Bertz CT molecular complexity index is 593. The molecular formula is C13H14BrFN2O. The molecule has 0 saturated heterocycles. The van der Waals surface area contributed by atoms with Gasteiger partial charge in [-0.2, -0.15) is 5.10 Å². The van der Waals surface area contributed by atoms with Gasteiger partial charge in [0.05, 0.1) is 27.7 Å². The van der Waals surface area contributed by atoms with Crippen molar-refractivity contribution in [2.75, 3.05) is 0 Å². The van der Waals surface area contributed by atoms with Gasteiger partial charge < -0.3 is 5.11 Å². The Morgan fingerprint density at radius 3 is 2.56 bits per heavy atom. The molecule has 0 spiro atoms. The maximum absolute atomic E-state index is 13.3. The van der Waals surface area contributed by atoms with Gasteiger partial charge in [-0.1, -0.05) is 0 Å². The topological polar surface area (TPSA) is 38.0 Å². The predicted octanol–water partition coefficient (Wildman–Crippen LogP) is 3.44. The molecule has 0 aliphatic carbocycles. The van der Waals surface area contributed by atoms with E-state index in [1.807, 2.05) is 13.8 Å². The molecule has 0 radical (unpaired) electrons. The van der Waals surface area contributed by atoms with E-state index in [1.165, 1.54) is 12.1 Å². The lowest BCUT2D eigenvalue weighted by Gasteiger charge is -2.13. The number of halogens is 2. The third kappa shape index (κ3) is 2.20. The van der Waals surface area contributed by atoms with Gasteiger partial charge in [0.1, 0.15) is 5.82 Å². The van der Waals surface area contributed by atoms with Gasteiger partial charge >= 0.3 is 0 Å². The summed E-state index contributed by atoms with van der Waals surface area (Å²) < 4.78 is 15.9. The molecule has 0 aliphatic heterocycles. The molecule has 0 amide bonds. The molecule has 1 aromatic heterocycles. The first kappa shape index (κ1) is 13.2. The Hall–Kier alpha value is -1.20. The molecular weight excluding hydrogens is 299 g/mol. The first-order valence-corrected chi connectivity index (χ1v) is 6.40. The molecule has 0 saturated carbocycles. The maximum atomic E-state index is 13.3. The number of aromatic nitrogens is 2. The standard InChI is InChI=1S/C13H14BrFN2O/c1-7-13(14)8(2)17(16-7)12-5-4-10(15)6-11(12)9(3)18/h4-6,9,18H,1-3H3/t9-/m1/s1. The van der Waals surface area contributed by atoms with Crippen molar-refractivity contribution in [2.45, 2.75) is 26.9 Å². The molecule has 1 heterocycles. The van der Waals surface area contributed by atoms with E-state index in [4.69, 9.17) is 0 Å². The van der Waals surface area contributed by atoms with E-state index in [0.717, 1.165) is 15.9 Å². The zero-order chi connectivity index (χ0) is 13.4. The smallest absolute Gasteiger partial charge is 0.123 e. The van der Waals surface area contributed by atoms with Gasteiger partial charge in [0.15, 0.2) is 0 Å². The summed E-state index contributed by atoms with van der Waals surface area (Å²) >= 11 is 3.45. The zero-order valence-electron chi connectivity index (χ0n) is 10.4. The van der Waals surface area contributed by atoms with Crippen molar-refractivity contribution in [1.29, 1.82) is 0 Å². The molecule has 2 rings (SSSR count). The van der Waals surface area contributed by atoms with E-state index in [2.05, 4.69) is 21.0 Å². The SMILES string of the molecule is Cc1nn(-c2ccc(F)cc2[C@@H](C)O)c(C)c1Br. The average Bonchev–Trinajstić information content (AvgIpc) is 2.57. The summed E-state index contributed by atoms with van der Waals surface area (Å²) in [6, 6.07) is 4.33. The lowest BCUT2D eigenvalue weighted by Crippen LogP contribution is -2.06. The highest BCUT2D eigenvalue weighted by Crippen LogP contribution is 2.27. The van der Waals surface area contributed by atoms with Crippen LogP contribution in [-0.2, 0) is 0 Å². The first-order chi connectivity index (χ1) is 8.41. The summed E-state index contributed by atoms with van der Waals surface area (Å²) in [5.74, 6) is -0.366.